The van der Waals surface area contributed by atoms with E-state index in [0.717, 1.165) is 5.56 Å². The SMILES string of the molecule is O=C(COC(=O)c1cc(-c2ccco2)nc2ccccc12)NC(=O)NCc1ccccc1. The van der Waals surface area contributed by atoms with Crippen molar-refractivity contribution >= 4 is 28.8 Å². The van der Waals surface area contributed by atoms with Gasteiger partial charge in [-0.05, 0) is 29.8 Å². The van der Waals surface area contributed by atoms with E-state index in [0.29, 0.717) is 22.4 Å². The first-order valence-electron chi connectivity index (χ1n) is 9.82. The van der Waals surface area contributed by atoms with Crippen LogP contribution in [0.5, 0.6) is 0 Å². The van der Waals surface area contributed by atoms with E-state index < -0.39 is 24.5 Å². The number of pyridine rings is 1. The number of benzene rings is 2. The minimum absolute atomic E-state index is 0.239. The van der Waals surface area contributed by atoms with Crippen LogP contribution in [0, 0.1) is 0 Å². The number of rotatable bonds is 6. The Kier molecular flexibility index (Phi) is 6.22. The predicted octanol–water partition coefficient (Wildman–Crippen LogP) is 3.68. The number of hydrogen-bond acceptors (Lipinski definition) is 6. The summed E-state index contributed by atoms with van der Waals surface area (Å²) < 4.78 is 10.5. The molecule has 2 aromatic carbocycles. The molecule has 0 spiro atoms. The minimum atomic E-state index is -0.742. The van der Waals surface area contributed by atoms with Crippen LogP contribution in [0.4, 0.5) is 4.79 Å². The Morgan fingerprint density at radius 3 is 2.50 bits per heavy atom. The standard InChI is InChI=1S/C24H19N3O5/c28-22(27-24(30)25-14-16-7-2-1-3-8-16)15-32-23(29)18-13-20(21-11-6-12-31-21)26-19-10-5-4-9-17(18)19/h1-13H,14-15H2,(H2,25,27,28,30). The van der Waals surface area contributed by atoms with Crippen molar-refractivity contribution in [2.75, 3.05) is 6.61 Å². The van der Waals surface area contributed by atoms with E-state index in [-0.39, 0.29) is 12.1 Å². The van der Waals surface area contributed by atoms with Gasteiger partial charge in [0.1, 0.15) is 5.69 Å². The van der Waals surface area contributed by atoms with Gasteiger partial charge in [-0.1, -0.05) is 48.5 Å². The van der Waals surface area contributed by atoms with Crippen molar-refractivity contribution in [1.82, 2.24) is 15.6 Å². The van der Waals surface area contributed by atoms with Gasteiger partial charge in [-0.3, -0.25) is 10.1 Å². The van der Waals surface area contributed by atoms with Crippen molar-refractivity contribution in [1.29, 1.82) is 0 Å². The van der Waals surface area contributed by atoms with E-state index in [2.05, 4.69) is 15.6 Å². The first-order valence-corrected chi connectivity index (χ1v) is 9.82. The molecule has 2 aromatic heterocycles. The van der Waals surface area contributed by atoms with E-state index in [1.54, 1.807) is 42.5 Å². The lowest BCUT2D eigenvalue weighted by Gasteiger charge is -2.10. The molecule has 0 saturated heterocycles. The summed E-state index contributed by atoms with van der Waals surface area (Å²) in [6.45, 7) is -0.345. The first kappa shape index (κ1) is 20.8. The van der Waals surface area contributed by atoms with E-state index in [4.69, 9.17) is 9.15 Å². The predicted molar refractivity (Wildman–Crippen MR) is 117 cm³/mol. The molecular weight excluding hydrogens is 410 g/mol. The summed E-state index contributed by atoms with van der Waals surface area (Å²) in [6.07, 6.45) is 1.51. The number of aromatic nitrogens is 1. The van der Waals surface area contributed by atoms with Gasteiger partial charge in [-0.15, -0.1) is 0 Å². The third-order valence-corrected chi connectivity index (χ3v) is 4.59. The summed E-state index contributed by atoms with van der Waals surface area (Å²) in [7, 11) is 0. The zero-order valence-corrected chi connectivity index (χ0v) is 16.9. The molecular formula is C24H19N3O5. The van der Waals surface area contributed by atoms with Crippen LogP contribution in [0.25, 0.3) is 22.4 Å². The maximum absolute atomic E-state index is 12.7. The summed E-state index contributed by atoms with van der Waals surface area (Å²) in [5.41, 5.74) is 2.17. The zero-order valence-electron chi connectivity index (χ0n) is 16.9. The number of esters is 1. The number of para-hydroxylation sites is 1. The van der Waals surface area contributed by atoms with Crippen molar-refractivity contribution in [2.24, 2.45) is 0 Å². The Hall–Kier alpha value is -4.46. The monoisotopic (exact) mass is 429 g/mol. The van der Waals surface area contributed by atoms with Gasteiger partial charge in [-0.2, -0.15) is 0 Å². The van der Waals surface area contributed by atoms with E-state index in [1.165, 1.54) is 6.26 Å². The quantitative estimate of drug-likeness (QED) is 0.453. The molecule has 0 atom stereocenters. The average Bonchev–Trinajstić information content (AvgIpc) is 3.36. The molecule has 3 amide bonds. The number of hydrogen-bond donors (Lipinski definition) is 2. The normalized spacial score (nSPS) is 10.5. The van der Waals surface area contributed by atoms with Crippen LogP contribution in [0.15, 0.2) is 83.5 Å². The van der Waals surface area contributed by atoms with Gasteiger partial charge in [0, 0.05) is 11.9 Å². The topological polar surface area (TPSA) is 111 Å². The molecule has 2 N–H and O–H groups in total. The van der Waals surface area contributed by atoms with Crippen LogP contribution in [0.2, 0.25) is 0 Å². The van der Waals surface area contributed by atoms with Gasteiger partial charge in [0.2, 0.25) is 0 Å². The number of imide groups is 1. The minimum Gasteiger partial charge on any atom is -0.463 e. The van der Waals surface area contributed by atoms with E-state index >= 15 is 0 Å². The summed E-state index contributed by atoms with van der Waals surface area (Å²) in [5, 5.41) is 5.28. The number of nitrogens with one attached hydrogen (secondary N) is 2. The maximum Gasteiger partial charge on any atom is 0.339 e. The Morgan fingerprint density at radius 2 is 1.72 bits per heavy atom. The lowest BCUT2D eigenvalue weighted by atomic mass is 10.1. The molecule has 0 aliphatic heterocycles. The number of nitrogens with zero attached hydrogens (tertiary/aromatic N) is 1. The lowest BCUT2D eigenvalue weighted by molar-refractivity contribution is -0.123. The highest BCUT2D eigenvalue weighted by Gasteiger charge is 2.18. The second-order valence-electron chi connectivity index (χ2n) is 6.84. The second kappa shape index (κ2) is 9.57. The van der Waals surface area contributed by atoms with Crippen molar-refractivity contribution in [3.8, 4) is 11.5 Å². The molecule has 4 rings (SSSR count). The molecule has 32 heavy (non-hydrogen) atoms. The van der Waals surface area contributed by atoms with Crippen LogP contribution in [-0.4, -0.2) is 29.5 Å². The summed E-state index contributed by atoms with van der Waals surface area (Å²) in [4.78, 5) is 41.2. The third kappa shape index (κ3) is 4.99. The molecule has 8 nitrogen and oxygen atoms in total. The van der Waals surface area contributed by atoms with Gasteiger partial charge in [-0.25, -0.2) is 14.6 Å². The molecule has 0 saturated carbocycles. The van der Waals surface area contributed by atoms with E-state index in [9.17, 15) is 14.4 Å². The van der Waals surface area contributed by atoms with Crippen molar-refractivity contribution in [2.45, 2.75) is 6.54 Å². The summed E-state index contributed by atoms with van der Waals surface area (Å²) >= 11 is 0. The molecule has 0 aliphatic rings. The first-order chi connectivity index (χ1) is 15.6. The molecule has 4 aromatic rings. The smallest absolute Gasteiger partial charge is 0.339 e. The highest BCUT2D eigenvalue weighted by Crippen LogP contribution is 2.25. The summed E-state index contributed by atoms with van der Waals surface area (Å²) in [5.74, 6) is -0.956. The fourth-order valence-corrected chi connectivity index (χ4v) is 3.09. The second-order valence-corrected chi connectivity index (χ2v) is 6.84. The number of furan rings is 1. The maximum atomic E-state index is 12.7. The highest BCUT2D eigenvalue weighted by molar-refractivity contribution is 6.05. The van der Waals surface area contributed by atoms with E-state index in [1.807, 2.05) is 30.3 Å². The molecule has 160 valence electrons. The molecule has 0 bridgehead atoms. The van der Waals surface area contributed by atoms with Crippen LogP contribution < -0.4 is 10.6 Å². The number of urea groups is 1. The Labute approximate surface area is 183 Å². The number of carbonyl (C=O) groups is 3. The molecule has 0 fully saturated rings. The molecule has 0 radical (unpaired) electrons. The van der Waals surface area contributed by atoms with Gasteiger partial charge >= 0.3 is 12.0 Å². The Balaban J connectivity index is 1.39. The Morgan fingerprint density at radius 1 is 0.938 bits per heavy atom. The summed E-state index contributed by atoms with van der Waals surface area (Å²) in [6, 6.07) is 20.7. The van der Waals surface area contributed by atoms with Gasteiger partial charge in [0.05, 0.1) is 17.3 Å². The fourth-order valence-electron chi connectivity index (χ4n) is 3.09. The zero-order chi connectivity index (χ0) is 22.3. The van der Waals surface area contributed by atoms with Crippen molar-refractivity contribution < 1.29 is 23.5 Å². The average molecular weight is 429 g/mol. The van der Waals surface area contributed by atoms with Crippen molar-refractivity contribution in [3.05, 3.63) is 90.2 Å². The molecule has 8 heteroatoms. The van der Waals surface area contributed by atoms with Crippen LogP contribution in [-0.2, 0) is 16.1 Å². The number of ether oxygens (including phenoxy) is 1. The molecule has 0 unspecified atom stereocenters. The fraction of sp³-hybridized carbons (Fsp3) is 0.0833. The van der Waals surface area contributed by atoms with Crippen LogP contribution in [0.1, 0.15) is 15.9 Å². The largest absolute Gasteiger partial charge is 0.463 e. The highest BCUT2D eigenvalue weighted by atomic mass is 16.5. The number of carbonyl (C=O) groups excluding carboxylic acids is 3. The van der Waals surface area contributed by atoms with Gasteiger partial charge < -0.3 is 14.5 Å². The molecule has 0 aliphatic carbocycles. The number of fused-ring (bicyclic) bond motifs is 1. The van der Waals surface area contributed by atoms with Crippen LogP contribution in [0.3, 0.4) is 0 Å². The van der Waals surface area contributed by atoms with Gasteiger partial charge in [0.25, 0.3) is 5.91 Å². The lowest BCUT2D eigenvalue weighted by Crippen LogP contribution is -2.41. The van der Waals surface area contributed by atoms with Gasteiger partial charge in [0.15, 0.2) is 12.4 Å². The third-order valence-electron chi connectivity index (χ3n) is 4.59. The number of amides is 3. The molecule has 2 heterocycles. The van der Waals surface area contributed by atoms with Crippen LogP contribution >= 0.6 is 0 Å². The Bertz CT molecular complexity index is 1250. The van der Waals surface area contributed by atoms with Crippen molar-refractivity contribution in [3.63, 3.8) is 0 Å².